The van der Waals surface area contributed by atoms with E-state index < -0.39 is 21.9 Å². The zero-order chi connectivity index (χ0) is 22.6. The number of amides is 1. The van der Waals surface area contributed by atoms with Gasteiger partial charge in [-0.05, 0) is 50.2 Å². The van der Waals surface area contributed by atoms with Gasteiger partial charge in [-0.1, -0.05) is 35.1 Å². The Morgan fingerprint density at radius 3 is 2.48 bits per heavy atom. The van der Waals surface area contributed by atoms with E-state index in [0.717, 1.165) is 11.3 Å². The Morgan fingerprint density at radius 1 is 1.13 bits per heavy atom. The van der Waals surface area contributed by atoms with Crippen LogP contribution in [0.4, 0.5) is 10.8 Å². The van der Waals surface area contributed by atoms with E-state index >= 15 is 0 Å². The molecule has 2 N–H and O–H groups in total. The summed E-state index contributed by atoms with van der Waals surface area (Å²) in [6.07, 6.45) is 0. The summed E-state index contributed by atoms with van der Waals surface area (Å²) >= 11 is 6.79. The molecule has 0 bridgehead atoms. The zero-order valence-electron chi connectivity index (χ0n) is 16.5. The number of carbonyl (C=O) groups is 2. The molecule has 0 atom stereocenters. The monoisotopic (exact) mass is 479 g/mol. The van der Waals surface area contributed by atoms with Crippen LogP contribution in [0.1, 0.15) is 32.6 Å². The molecule has 0 radical (unpaired) electrons. The van der Waals surface area contributed by atoms with Gasteiger partial charge in [-0.25, -0.2) is 18.2 Å². The number of nitrogens with one attached hydrogen (secondary N) is 2. The number of benzene rings is 2. The molecule has 1 aromatic heterocycles. The van der Waals surface area contributed by atoms with E-state index in [0.29, 0.717) is 10.7 Å². The van der Waals surface area contributed by atoms with Gasteiger partial charge in [-0.2, -0.15) is 0 Å². The number of nitrogens with zero attached hydrogens (tertiary/aromatic N) is 1. The summed E-state index contributed by atoms with van der Waals surface area (Å²) < 4.78 is 32.8. The first kappa shape index (κ1) is 22.7. The Hall–Kier alpha value is -2.95. The molecule has 2 aromatic carbocycles. The SMILES string of the molecule is CCOC(=O)c1sc(NC(=O)c2ccccc2NS(=O)(=O)c2ccc(Cl)cc2)nc1C. The average Bonchev–Trinajstić information content (AvgIpc) is 3.08. The van der Waals surface area contributed by atoms with Crippen LogP contribution in [0.25, 0.3) is 0 Å². The second-order valence-electron chi connectivity index (χ2n) is 6.21. The van der Waals surface area contributed by atoms with Crippen molar-refractivity contribution in [1.82, 2.24) is 4.98 Å². The highest BCUT2D eigenvalue weighted by molar-refractivity contribution is 7.92. The van der Waals surface area contributed by atoms with E-state index in [1.54, 1.807) is 26.0 Å². The number of anilines is 2. The fourth-order valence-corrected chi connectivity index (χ4v) is 4.65. The van der Waals surface area contributed by atoms with Gasteiger partial charge in [0.15, 0.2) is 5.13 Å². The Kier molecular flexibility index (Phi) is 6.94. The quantitative estimate of drug-likeness (QED) is 0.487. The van der Waals surface area contributed by atoms with E-state index in [1.807, 2.05) is 0 Å². The minimum Gasteiger partial charge on any atom is -0.462 e. The number of sulfonamides is 1. The minimum absolute atomic E-state index is 0.00161. The maximum atomic E-state index is 12.8. The third kappa shape index (κ3) is 5.40. The molecule has 1 amide bonds. The lowest BCUT2D eigenvalue weighted by atomic mass is 10.2. The van der Waals surface area contributed by atoms with Crippen molar-refractivity contribution in [2.24, 2.45) is 0 Å². The standard InChI is InChI=1S/C20H18ClN3O5S2/c1-3-29-19(26)17-12(2)22-20(30-17)23-18(25)15-6-4-5-7-16(15)24-31(27,28)14-10-8-13(21)9-11-14/h4-11,24H,3H2,1-2H3,(H,22,23,25). The van der Waals surface area contributed by atoms with E-state index in [2.05, 4.69) is 15.0 Å². The van der Waals surface area contributed by atoms with Gasteiger partial charge < -0.3 is 4.74 Å². The van der Waals surface area contributed by atoms with Gasteiger partial charge in [0.05, 0.1) is 28.4 Å². The number of hydrogen-bond acceptors (Lipinski definition) is 7. The Balaban J connectivity index is 1.83. The highest BCUT2D eigenvalue weighted by atomic mass is 35.5. The molecule has 0 saturated heterocycles. The molecule has 1 heterocycles. The number of carbonyl (C=O) groups excluding carboxylic acids is 2. The second kappa shape index (κ2) is 9.46. The van der Waals surface area contributed by atoms with Gasteiger partial charge in [0.2, 0.25) is 0 Å². The predicted molar refractivity (Wildman–Crippen MR) is 119 cm³/mol. The molecule has 0 aliphatic heterocycles. The molecule has 0 aliphatic carbocycles. The van der Waals surface area contributed by atoms with Crippen LogP contribution in [0, 0.1) is 6.92 Å². The first-order valence-electron chi connectivity index (χ1n) is 9.04. The lowest BCUT2D eigenvalue weighted by Crippen LogP contribution is -2.18. The van der Waals surface area contributed by atoms with Gasteiger partial charge >= 0.3 is 5.97 Å². The van der Waals surface area contributed by atoms with E-state index in [1.165, 1.54) is 36.4 Å². The third-order valence-corrected chi connectivity index (χ3v) is 6.70. The molecule has 0 spiro atoms. The molecule has 0 saturated carbocycles. The summed E-state index contributed by atoms with van der Waals surface area (Å²) in [6.45, 7) is 3.55. The van der Waals surface area contributed by atoms with E-state index in [4.69, 9.17) is 16.3 Å². The summed E-state index contributed by atoms with van der Waals surface area (Å²) in [7, 11) is -3.94. The number of aryl methyl sites for hydroxylation is 1. The number of halogens is 1. The first-order chi connectivity index (χ1) is 14.7. The van der Waals surface area contributed by atoms with Crippen molar-refractivity contribution in [2.45, 2.75) is 18.7 Å². The van der Waals surface area contributed by atoms with Crippen LogP contribution >= 0.6 is 22.9 Å². The van der Waals surface area contributed by atoms with Crippen molar-refractivity contribution < 1.29 is 22.7 Å². The van der Waals surface area contributed by atoms with Crippen LogP contribution in [0.3, 0.4) is 0 Å². The van der Waals surface area contributed by atoms with E-state index in [9.17, 15) is 18.0 Å². The molecular formula is C20H18ClN3O5S2. The summed E-state index contributed by atoms with van der Waals surface area (Å²) in [6, 6.07) is 11.8. The van der Waals surface area contributed by atoms with Crippen LogP contribution in [0.2, 0.25) is 5.02 Å². The van der Waals surface area contributed by atoms with Crippen LogP contribution in [0.5, 0.6) is 0 Å². The van der Waals surface area contributed by atoms with Crippen molar-refractivity contribution >= 4 is 55.7 Å². The number of rotatable bonds is 7. The second-order valence-corrected chi connectivity index (χ2v) is 9.33. The summed E-state index contributed by atoms with van der Waals surface area (Å²) in [4.78, 5) is 29.2. The fraction of sp³-hybridized carbons (Fsp3) is 0.150. The molecular weight excluding hydrogens is 462 g/mol. The maximum Gasteiger partial charge on any atom is 0.350 e. The fourth-order valence-electron chi connectivity index (χ4n) is 2.59. The minimum atomic E-state index is -3.94. The lowest BCUT2D eigenvalue weighted by Gasteiger charge is -2.12. The largest absolute Gasteiger partial charge is 0.462 e. The molecule has 162 valence electrons. The zero-order valence-corrected chi connectivity index (χ0v) is 18.9. The number of thiazole rings is 1. The number of ether oxygens (including phenoxy) is 1. The van der Waals surface area contributed by atoms with Crippen LogP contribution < -0.4 is 10.0 Å². The van der Waals surface area contributed by atoms with Crippen molar-refractivity contribution in [1.29, 1.82) is 0 Å². The number of para-hydroxylation sites is 1. The molecule has 0 aliphatic rings. The smallest absolute Gasteiger partial charge is 0.350 e. The van der Waals surface area contributed by atoms with Crippen LogP contribution in [-0.4, -0.2) is 31.9 Å². The van der Waals surface area contributed by atoms with Crippen molar-refractivity contribution in [3.8, 4) is 0 Å². The Labute approximate surface area is 188 Å². The van der Waals surface area contributed by atoms with Crippen LogP contribution in [0.15, 0.2) is 53.4 Å². The van der Waals surface area contributed by atoms with Gasteiger partial charge in [0.1, 0.15) is 4.88 Å². The Bertz CT molecular complexity index is 1220. The van der Waals surface area contributed by atoms with Gasteiger partial charge in [-0.15, -0.1) is 0 Å². The van der Waals surface area contributed by atoms with Gasteiger partial charge in [0.25, 0.3) is 15.9 Å². The number of aromatic nitrogens is 1. The van der Waals surface area contributed by atoms with Crippen molar-refractivity contribution in [3.63, 3.8) is 0 Å². The number of esters is 1. The van der Waals surface area contributed by atoms with Crippen LogP contribution in [-0.2, 0) is 14.8 Å². The van der Waals surface area contributed by atoms with E-state index in [-0.39, 0.29) is 32.8 Å². The summed E-state index contributed by atoms with van der Waals surface area (Å²) in [5.41, 5.74) is 0.606. The molecule has 0 unspecified atom stereocenters. The third-order valence-electron chi connectivity index (χ3n) is 4.02. The molecule has 8 nitrogen and oxygen atoms in total. The lowest BCUT2D eigenvalue weighted by molar-refractivity contribution is 0.0531. The maximum absolute atomic E-state index is 12.8. The first-order valence-corrected chi connectivity index (χ1v) is 11.7. The van der Waals surface area contributed by atoms with Gasteiger partial charge in [0, 0.05) is 5.02 Å². The Morgan fingerprint density at radius 2 is 1.81 bits per heavy atom. The molecule has 3 aromatic rings. The summed E-state index contributed by atoms with van der Waals surface area (Å²) in [5.74, 6) is -1.10. The van der Waals surface area contributed by atoms with Crippen molar-refractivity contribution in [2.75, 3.05) is 16.6 Å². The topological polar surface area (TPSA) is 114 Å². The molecule has 11 heteroatoms. The molecule has 0 fully saturated rings. The molecule has 31 heavy (non-hydrogen) atoms. The highest BCUT2D eigenvalue weighted by Crippen LogP contribution is 2.26. The van der Waals surface area contributed by atoms with Gasteiger partial charge in [-0.3, -0.25) is 14.8 Å². The number of hydrogen-bond donors (Lipinski definition) is 2. The summed E-state index contributed by atoms with van der Waals surface area (Å²) in [5, 5.41) is 3.20. The highest BCUT2D eigenvalue weighted by Gasteiger charge is 2.21. The normalized spacial score (nSPS) is 11.1. The predicted octanol–water partition coefficient (Wildman–Crippen LogP) is 4.33. The molecule has 3 rings (SSSR count). The van der Waals surface area contributed by atoms with Crippen molar-refractivity contribution in [3.05, 3.63) is 69.7 Å². The average molecular weight is 480 g/mol.